The van der Waals surface area contributed by atoms with Gasteiger partial charge in [0.2, 0.25) is 0 Å². The van der Waals surface area contributed by atoms with Crippen molar-refractivity contribution in [2.45, 2.75) is 82.8 Å². The molecule has 0 N–H and O–H groups in total. The molecule has 1 amide bonds. The van der Waals surface area contributed by atoms with Crippen molar-refractivity contribution in [2.24, 2.45) is 11.8 Å². The van der Waals surface area contributed by atoms with Gasteiger partial charge in [-0.2, -0.15) is 0 Å². The van der Waals surface area contributed by atoms with Gasteiger partial charge in [-0.15, -0.1) is 0 Å². The predicted octanol–water partition coefficient (Wildman–Crippen LogP) is 4.06. The summed E-state index contributed by atoms with van der Waals surface area (Å²) in [4.78, 5) is 19.9. The Morgan fingerprint density at radius 3 is 2.68 bits per heavy atom. The van der Waals surface area contributed by atoms with Gasteiger partial charge >= 0.3 is 0 Å². The van der Waals surface area contributed by atoms with Crippen LogP contribution in [0.5, 0.6) is 0 Å². The summed E-state index contributed by atoms with van der Waals surface area (Å²) in [6, 6.07) is 2.21. The lowest BCUT2D eigenvalue weighted by Crippen LogP contribution is -2.76. The maximum Gasteiger partial charge on any atom is 0.259 e. The normalized spacial score (nSPS) is 27.6. The molecule has 1 aromatic rings. The summed E-state index contributed by atoms with van der Waals surface area (Å²) >= 11 is 0. The van der Waals surface area contributed by atoms with Crippen LogP contribution in [0.1, 0.15) is 75.1 Å². The van der Waals surface area contributed by atoms with Crippen molar-refractivity contribution in [3.63, 3.8) is 0 Å². The monoisotopic (exact) mass is 430 g/mol. The molecule has 2 aliphatic carbocycles. The van der Waals surface area contributed by atoms with Gasteiger partial charge in [-0.05, 0) is 67.1 Å². The topological polar surface area (TPSA) is 60.9 Å². The number of amides is 1. The molecule has 1 saturated heterocycles. The molecule has 2 heterocycles. The second-order valence-electron chi connectivity index (χ2n) is 10.1. The molecule has 1 aliphatic heterocycles. The van der Waals surface area contributed by atoms with Gasteiger partial charge in [-0.25, -0.2) is 0 Å². The van der Waals surface area contributed by atoms with Gasteiger partial charge < -0.3 is 19.1 Å². The molecule has 1 aromatic heterocycles. The van der Waals surface area contributed by atoms with E-state index in [1.165, 1.54) is 43.2 Å². The number of ether oxygens (including phenoxy) is 3. The van der Waals surface area contributed by atoms with Crippen molar-refractivity contribution in [1.29, 1.82) is 0 Å². The Morgan fingerprint density at radius 1 is 1.19 bits per heavy atom. The second-order valence-corrected chi connectivity index (χ2v) is 10.1. The molecule has 0 unspecified atom stereocenters. The number of hydrogen-bond acceptors (Lipinski definition) is 5. The third-order valence-corrected chi connectivity index (χ3v) is 7.28. The lowest BCUT2D eigenvalue weighted by molar-refractivity contribution is -0.235. The van der Waals surface area contributed by atoms with Crippen molar-refractivity contribution in [3.05, 3.63) is 29.1 Å². The van der Waals surface area contributed by atoms with E-state index >= 15 is 0 Å². The van der Waals surface area contributed by atoms with Crippen LogP contribution < -0.4 is 0 Å². The molecule has 0 radical (unpaired) electrons. The van der Waals surface area contributed by atoms with Gasteiger partial charge in [-0.1, -0.05) is 26.7 Å². The SMILES string of the molecule is COCO[C@@]1(Cc2cc3c(cn2)CC[C@H]3CCC2CC2)C(=O)N(COC)[C@H]1CC(C)C. The van der Waals surface area contributed by atoms with Crippen molar-refractivity contribution in [3.8, 4) is 0 Å². The van der Waals surface area contributed by atoms with Crippen molar-refractivity contribution >= 4 is 5.91 Å². The number of pyridine rings is 1. The first-order chi connectivity index (χ1) is 15.0. The highest BCUT2D eigenvalue weighted by Gasteiger charge is 2.62. The van der Waals surface area contributed by atoms with Crippen LogP contribution in [0.4, 0.5) is 0 Å². The fraction of sp³-hybridized carbons (Fsp3) is 0.760. The lowest BCUT2D eigenvalue weighted by atomic mass is 9.74. The molecule has 0 aromatic carbocycles. The van der Waals surface area contributed by atoms with Gasteiger partial charge in [0.1, 0.15) is 13.5 Å². The van der Waals surface area contributed by atoms with E-state index in [1.54, 1.807) is 19.1 Å². The molecule has 0 spiro atoms. The molecule has 6 nitrogen and oxygen atoms in total. The average Bonchev–Trinajstić information content (AvgIpc) is 3.51. The van der Waals surface area contributed by atoms with E-state index in [-0.39, 0.29) is 25.5 Å². The van der Waals surface area contributed by atoms with E-state index in [0.29, 0.717) is 18.3 Å². The van der Waals surface area contributed by atoms with Crippen LogP contribution in [0, 0.1) is 11.8 Å². The molecule has 3 atom stereocenters. The average molecular weight is 431 g/mol. The van der Waals surface area contributed by atoms with Gasteiger partial charge in [0.05, 0.1) is 6.04 Å². The number of hydrogen-bond donors (Lipinski definition) is 0. The summed E-state index contributed by atoms with van der Waals surface area (Å²) in [7, 11) is 3.22. The minimum atomic E-state index is -0.928. The van der Waals surface area contributed by atoms with E-state index < -0.39 is 5.60 Å². The Kier molecular flexibility index (Phi) is 6.99. The Morgan fingerprint density at radius 2 is 2.00 bits per heavy atom. The minimum Gasteiger partial charge on any atom is -0.364 e. The Balaban J connectivity index is 1.56. The summed E-state index contributed by atoms with van der Waals surface area (Å²) in [5, 5.41) is 0. The summed E-state index contributed by atoms with van der Waals surface area (Å²) in [5.41, 5.74) is 2.86. The van der Waals surface area contributed by atoms with Crippen LogP contribution >= 0.6 is 0 Å². The largest absolute Gasteiger partial charge is 0.364 e. The van der Waals surface area contributed by atoms with E-state index in [9.17, 15) is 4.79 Å². The van der Waals surface area contributed by atoms with Crippen LogP contribution in [0.25, 0.3) is 0 Å². The maximum absolute atomic E-state index is 13.3. The van der Waals surface area contributed by atoms with Gasteiger partial charge in [0.25, 0.3) is 5.91 Å². The molecule has 172 valence electrons. The number of aryl methyl sites for hydroxylation is 1. The number of β-lactam (4-membered cyclic amide) rings is 1. The number of fused-ring (bicyclic) bond motifs is 1. The van der Waals surface area contributed by atoms with Crippen LogP contribution in [-0.4, -0.2) is 55.2 Å². The van der Waals surface area contributed by atoms with E-state index in [4.69, 9.17) is 19.2 Å². The minimum absolute atomic E-state index is 0.0235. The summed E-state index contributed by atoms with van der Waals surface area (Å²) < 4.78 is 16.7. The number of methoxy groups -OCH3 is 2. The quantitative estimate of drug-likeness (QED) is 0.370. The third kappa shape index (κ3) is 4.67. The molecule has 2 fully saturated rings. The van der Waals surface area contributed by atoms with E-state index in [1.807, 2.05) is 6.20 Å². The van der Waals surface area contributed by atoms with E-state index in [0.717, 1.165) is 24.5 Å². The lowest BCUT2D eigenvalue weighted by Gasteiger charge is -2.55. The Hall–Kier alpha value is -1.50. The second kappa shape index (κ2) is 9.55. The van der Waals surface area contributed by atoms with Gasteiger partial charge in [-0.3, -0.25) is 9.78 Å². The number of carbonyl (C=O) groups is 1. The molecule has 31 heavy (non-hydrogen) atoms. The standard InChI is InChI=1S/C25H38N2O4/c1-17(2)11-23-25(31-16-30-4,24(28)27(23)15-29-3)13-21-12-22-19(8-7-18-5-6-18)9-10-20(22)14-26-21/h12,14,17-19,23H,5-11,13,15-16H2,1-4H3/t19-,23+,25-/m1/s1. The molecular weight excluding hydrogens is 392 g/mol. The zero-order valence-electron chi connectivity index (χ0n) is 19.6. The molecule has 1 saturated carbocycles. The number of nitrogens with zero attached hydrogens (tertiary/aromatic N) is 2. The van der Waals surface area contributed by atoms with Crippen molar-refractivity contribution in [1.82, 2.24) is 9.88 Å². The highest BCUT2D eigenvalue weighted by molar-refractivity contribution is 5.93. The van der Waals surface area contributed by atoms with Crippen LogP contribution in [0.15, 0.2) is 12.3 Å². The highest BCUT2D eigenvalue weighted by Crippen LogP contribution is 2.43. The molecule has 4 rings (SSSR count). The summed E-state index contributed by atoms with van der Waals surface area (Å²) in [6.07, 6.45) is 11.2. The molecule has 0 bridgehead atoms. The Labute approximate surface area is 186 Å². The zero-order valence-corrected chi connectivity index (χ0v) is 19.6. The number of aromatic nitrogens is 1. The zero-order chi connectivity index (χ0) is 22.0. The van der Waals surface area contributed by atoms with Gasteiger partial charge in [0.15, 0.2) is 5.60 Å². The molecule has 3 aliphatic rings. The predicted molar refractivity (Wildman–Crippen MR) is 119 cm³/mol. The number of likely N-dealkylation sites (tertiary alicyclic amines) is 1. The number of rotatable bonds is 12. The first-order valence-electron chi connectivity index (χ1n) is 11.9. The number of carbonyl (C=O) groups excluding carboxylic acids is 1. The first kappa shape index (κ1) is 22.7. The summed E-state index contributed by atoms with van der Waals surface area (Å²) in [6.45, 7) is 4.73. The highest BCUT2D eigenvalue weighted by atomic mass is 16.7. The van der Waals surface area contributed by atoms with Crippen LogP contribution in [0.2, 0.25) is 0 Å². The molecular formula is C25H38N2O4. The van der Waals surface area contributed by atoms with Crippen molar-refractivity contribution in [2.75, 3.05) is 27.7 Å². The summed E-state index contributed by atoms with van der Waals surface area (Å²) in [5.74, 6) is 2.02. The van der Waals surface area contributed by atoms with E-state index in [2.05, 4.69) is 19.9 Å². The van der Waals surface area contributed by atoms with Crippen molar-refractivity contribution < 1.29 is 19.0 Å². The fourth-order valence-electron chi connectivity index (χ4n) is 5.46. The van der Waals surface area contributed by atoms with Crippen LogP contribution in [-0.2, 0) is 31.8 Å². The first-order valence-corrected chi connectivity index (χ1v) is 11.9. The van der Waals surface area contributed by atoms with Gasteiger partial charge in [0, 0.05) is 32.5 Å². The maximum atomic E-state index is 13.3. The third-order valence-electron chi connectivity index (χ3n) is 7.28. The molecule has 6 heteroatoms. The van der Waals surface area contributed by atoms with Crippen LogP contribution in [0.3, 0.4) is 0 Å². The Bertz CT molecular complexity index is 779. The fourth-order valence-corrected chi connectivity index (χ4v) is 5.46. The smallest absolute Gasteiger partial charge is 0.259 e.